The Hall–Kier alpha value is -2.19. The molecule has 1 aliphatic heterocycles. The minimum Gasteiger partial charge on any atom is -0.496 e. The van der Waals surface area contributed by atoms with Crippen LogP contribution in [0.25, 0.3) is 0 Å². The van der Waals surface area contributed by atoms with Gasteiger partial charge in [-0.2, -0.15) is 0 Å². The van der Waals surface area contributed by atoms with Crippen molar-refractivity contribution >= 4 is 5.96 Å². The highest BCUT2D eigenvalue weighted by Gasteiger charge is 2.28. The predicted molar refractivity (Wildman–Crippen MR) is 115 cm³/mol. The number of ether oxygens (including phenoxy) is 4. The number of morpholine rings is 1. The van der Waals surface area contributed by atoms with Gasteiger partial charge in [0, 0.05) is 43.9 Å². The summed E-state index contributed by atoms with van der Waals surface area (Å²) in [7, 11) is 4.89. The van der Waals surface area contributed by atoms with Gasteiger partial charge in [0.25, 0.3) is 0 Å². The Bertz CT molecular complexity index is 648. The topological polar surface area (TPSA) is 76.6 Å². The molecular formula is C21H36N4O4. The van der Waals surface area contributed by atoms with E-state index in [0.717, 1.165) is 50.9 Å². The molecule has 164 valence electrons. The van der Waals surface area contributed by atoms with Crippen LogP contribution in [0, 0.1) is 0 Å². The Balaban J connectivity index is 2.12. The van der Waals surface area contributed by atoms with Gasteiger partial charge in [-0.3, -0.25) is 4.90 Å². The lowest BCUT2D eigenvalue weighted by molar-refractivity contribution is -0.00834. The summed E-state index contributed by atoms with van der Waals surface area (Å²) in [6, 6.07) is 3.69. The fourth-order valence-electron chi connectivity index (χ4n) is 3.31. The van der Waals surface area contributed by atoms with Crippen LogP contribution in [0.3, 0.4) is 0 Å². The molecule has 1 aliphatic rings. The van der Waals surface area contributed by atoms with E-state index in [0.29, 0.717) is 23.8 Å². The molecule has 1 saturated heterocycles. The van der Waals surface area contributed by atoms with Crippen LogP contribution in [0.5, 0.6) is 17.2 Å². The van der Waals surface area contributed by atoms with E-state index >= 15 is 0 Å². The third kappa shape index (κ3) is 6.40. The molecule has 0 aromatic heterocycles. The molecule has 0 unspecified atom stereocenters. The maximum atomic E-state index is 5.53. The quantitative estimate of drug-likeness (QED) is 0.477. The predicted octanol–water partition coefficient (Wildman–Crippen LogP) is 1.88. The van der Waals surface area contributed by atoms with E-state index in [2.05, 4.69) is 36.3 Å². The lowest BCUT2D eigenvalue weighted by Gasteiger charge is -2.41. The maximum Gasteiger partial charge on any atom is 0.191 e. The zero-order valence-electron chi connectivity index (χ0n) is 18.6. The van der Waals surface area contributed by atoms with Crippen molar-refractivity contribution in [2.45, 2.75) is 32.9 Å². The molecule has 2 rings (SSSR count). The van der Waals surface area contributed by atoms with E-state index in [1.54, 1.807) is 21.3 Å². The molecule has 1 fully saturated rings. The Morgan fingerprint density at radius 2 is 1.69 bits per heavy atom. The van der Waals surface area contributed by atoms with Crippen molar-refractivity contribution < 1.29 is 18.9 Å². The monoisotopic (exact) mass is 408 g/mol. The highest BCUT2D eigenvalue weighted by molar-refractivity contribution is 5.80. The lowest BCUT2D eigenvalue weighted by Crippen LogP contribution is -2.56. The second-order valence-corrected chi connectivity index (χ2v) is 7.47. The van der Waals surface area contributed by atoms with Crippen molar-refractivity contribution in [1.29, 1.82) is 0 Å². The number of nitrogens with zero attached hydrogens (tertiary/aromatic N) is 2. The van der Waals surface area contributed by atoms with Crippen molar-refractivity contribution in [1.82, 2.24) is 15.5 Å². The summed E-state index contributed by atoms with van der Waals surface area (Å²) >= 11 is 0. The SMILES string of the molecule is CCNC(=NCc1c(OC)cc(OC)cc1OC)NCC(C)(C)N1CCOCC1. The van der Waals surface area contributed by atoms with Crippen LogP contribution in [-0.2, 0) is 11.3 Å². The van der Waals surface area contributed by atoms with Gasteiger partial charge in [-0.25, -0.2) is 4.99 Å². The van der Waals surface area contributed by atoms with Gasteiger partial charge in [-0.1, -0.05) is 0 Å². The molecule has 29 heavy (non-hydrogen) atoms. The number of hydrogen-bond acceptors (Lipinski definition) is 6. The van der Waals surface area contributed by atoms with Crippen molar-refractivity contribution in [2.75, 3.05) is 60.7 Å². The molecule has 8 nitrogen and oxygen atoms in total. The summed E-state index contributed by atoms with van der Waals surface area (Å²) in [5.41, 5.74) is 0.871. The zero-order valence-corrected chi connectivity index (χ0v) is 18.6. The third-order valence-electron chi connectivity index (χ3n) is 5.11. The molecule has 0 atom stereocenters. The van der Waals surface area contributed by atoms with Crippen molar-refractivity contribution in [2.24, 2.45) is 4.99 Å². The summed E-state index contributed by atoms with van der Waals surface area (Å²) in [6.45, 7) is 12.0. The molecule has 1 heterocycles. The fourth-order valence-corrected chi connectivity index (χ4v) is 3.31. The minimum absolute atomic E-state index is 0.00450. The summed E-state index contributed by atoms with van der Waals surface area (Å²) in [6.07, 6.45) is 0. The average molecular weight is 409 g/mol. The van der Waals surface area contributed by atoms with Crippen LogP contribution in [0.1, 0.15) is 26.3 Å². The van der Waals surface area contributed by atoms with Crippen molar-refractivity contribution in [3.05, 3.63) is 17.7 Å². The molecule has 0 aliphatic carbocycles. The molecule has 0 radical (unpaired) electrons. The number of benzene rings is 1. The Kier molecular flexibility index (Phi) is 8.85. The lowest BCUT2D eigenvalue weighted by atomic mass is 10.0. The van der Waals surface area contributed by atoms with E-state index in [1.165, 1.54) is 0 Å². The molecular weight excluding hydrogens is 372 g/mol. The van der Waals surface area contributed by atoms with Crippen molar-refractivity contribution in [3.63, 3.8) is 0 Å². The number of nitrogens with one attached hydrogen (secondary N) is 2. The van der Waals surface area contributed by atoms with Crippen LogP contribution in [0.15, 0.2) is 17.1 Å². The number of guanidine groups is 1. The van der Waals surface area contributed by atoms with E-state index in [-0.39, 0.29) is 5.54 Å². The van der Waals surface area contributed by atoms with Crippen LogP contribution < -0.4 is 24.8 Å². The first-order chi connectivity index (χ1) is 13.9. The number of rotatable bonds is 9. The number of aliphatic imine (C=N–C) groups is 1. The molecule has 1 aromatic rings. The van der Waals surface area contributed by atoms with E-state index < -0.39 is 0 Å². The Morgan fingerprint density at radius 1 is 1.07 bits per heavy atom. The van der Waals surface area contributed by atoms with E-state index in [9.17, 15) is 0 Å². The van der Waals surface area contributed by atoms with Gasteiger partial charge in [-0.15, -0.1) is 0 Å². The average Bonchev–Trinajstić information content (AvgIpc) is 2.75. The molecule has 1 aromatic carbocycles. The standard InChI is InChI=1S/C21H36N4O4/c1-7-22-20(24-15-21(2,3)25-8-10-29-11-9-25)23-14-17-18(27-5)12-16(26-4)13-19(17)28-6/h12-13H,7-11,14-15H2,1-6H3,(H2,22,23,24). The zero-order chi connectivity index (χ0) is 21.3. The Labute approximate surface area is 174 Å². The first-order valence-electron chi connectivity index (χ1n) is 10.1. The molecule has 0 spiro atoms. The summed E-state index contributed by atoms with van der Waals surface area (Å²) < 4.78 is 21.8. The van der Waals surface area contributed by atoms with Gasteiger partial charge in [0.05, 0.1) is 46.7 Å². The summed E-state index contributed by atoms with van der Waals surface area (Å²) in [5.74, 6) is 2.82. The van der Waals surface area contributed by atoms with Crippen molar-refractivity contribution in [3.8, 4) is 17.2 Å². The third-order valence-corrected chi connectivity index (χ3v) is 5.11. The number of methoxy groups -OCH3 is 3. The molecule has 8 heteroatoms. The second-order valence-electron chi connectivity index (χ2n) is 7.47. The van der Waals surface area contributed by atoms with Crippen LogP contribution in [0.4, 0.5) is 0 Å². The smallest absolute Gasteiger partial charge is 0.191 e. The summed E-state index contributed by atoms with van der Waals surface area (Å²) in [4.78, 5) is 7.20. The highest BCUT2D eigenvalue weighted by atomic mass is 16.5. The van der Waals surface area contributed by atoms with Crippen LogP contribution >= 0.6 is 0 Å². The van der Waals surface area contributed by atoms with Gasteiger partial charge in [0.15, 0.2) is 5.96 Å². The Morgan fingerprint density at radius 3 is 2.21 bits per heavy atom. The normalized spacial score (nSPS) is 15.7. The first-order valence-corrected chi connectivity index (χ1v) is 10.1. The maximum absolute atomic E-state index is 5.53. The fraction of sp³-hybridized carbons (Fsp3) is 0.667. The van der Waals surface area contributed by atoms with Gasteiger partial charge >= 0.3 is 0 Å². The minimum atomic E-state index is -0.00450. The van der Waals surface area contributed by atoms with E-state index in [4.69, 9.17) is 23.9 Å². The van der Waals surface area contributed by atoms with Crippen LogP contribution in [0.2, 0.25) is 0 Å². The van der Waals surface area contributed by atoms with Gasteiger partial charge in [0.1, 0.15) is 17.2 Å². The summed E-state index contributed by atoms with van der Waals surface area (Å²) in [5, 5.41) is 6.79. The number of hydrogen-bond donors (Lipinski definition) is 2. The highest BCUT2D eigenvalue weighted by Crippen LogP contribution is 2.34. The molecule has 0 saturated carbocycles. The first kappa shape index (κ1) is 23.1. The molecule has 2 N–H and O–H groups in total. The van der Waals surface area contributed by atoms with Gasteiger partial charge in [0.2, 0.25) is 0 Å². The van der Waals surface area contributed by atoms with Gasteiger partial charge < -0.3 is 29.6 Å². The van der Waals surface area contributed by atoms with E-state index in [1.807, 2.05) is 12.1 Å². The van der Waals surface area contributed by atoms with Crippen LogP contribution in [-0.4, -0.2) is 77.1 Å². The van der Waals surface area contributed by atoms with Gasteiger partial charge in [-0.05, 0) is 20.8 Å². The second kappa shape index (κ2) is 11.1. The molecule has 0 bridgehead atoms. The molecule has 0 amide bonds. The largest absolute Gasteiger partial charge is 0.496 e.